The Balaban J connectivity index is 1.36. The minimum atomic E-state index is -0.224. The average molecular weight is 455 g/mol. The molecule has 4 nitrogen and oxygen atoms in total. The SMILES string of the molecule is CC1CCN(c2ccc(NC(=O)C=Cc3ccc(-c4cccc(Cl)c4Cl)o3)cc2)CC1. The molecule has 0 aliphatic carbocycles. The van der Waals surface area contributed by atoms with E-state index < -0.39 is 0 Å². The first-order valence-electron chi connectivity index (χ1n) is 10.4. The van der Waals surface area contributed by atoms with E-state index in [-0.39, 0.29) is 5.91 Å². The van der Waals surface area contributed by atoms with Gasteiger partial charge in [0.15, 0.2) is 0 Å². The van der Waals surface area contributed by atoms with Crippen LogP contribution in [-0.4, -0.2) is 19.0 Å². The first-order chi connectivity index (χ1) is 15.0. The topological polar surface area (TPSA) is 45.5 Å². The second-order valence-corrected chi connectivity index (χ2v) is 8.63. The molecule has 0 unspecified atom stereocenters. The van der Waals surface area contributed by atoms with Gasteiger partial charge in [0.1, 0.15) is 11.5 Å². The quantitative estimate of drug-likeness (QED) is 0.416. The fourth-order valence-corrected chi connectivity index (χ4v) is 4.04. The Bertz CT molecular complexity index is 1080. The molecule has 1 amide bonds. The maximum Gasteiger partial charge on any atom is 0.248 e. The molecule has 31 heavy (non-hydrogen) atoms. The molecule has 0 atom stereocenters. The van der Waals surface area contributed by atoms with Crippen molar-refractivity contribution in [1.82, 2.24) is 0 Å². The first-order valence-corrected chi connectivity index (χ1v) is 11.1. The van der Waals surface area contributed by atoms with Gasteiger partial charge in [0.2, 0.25) is 5.91 Å². The third-order valence-corrected chi connectivity index (χ3v) is 6.35. The summed E-state index contributed by atoms with van der Waals surface area (Å²) < 4.78 is 5.78. The lowest BCUT2D eigenvalue weighted by Crippen LogP contribution is -2.32. The lowest BCUT2D eigenvalue weighted by Gasteiger charge is -2.32. The number of anilines is 2. The summed E-state index contributed by atoms with van der Waals surface area (Å²) in [5.41, 5.74) is 2.67. The maximum atomic E-state index is 12.3. The van der Waals surface area contributed by atoms with E-state index >= 15 is 0 Å². The number of benzene rings is 2. The fourth-order valence-electron chi connectivity index (χ4n) is 3.65. The van der Waals surface area contributed by atoms with Gasteiger partial charge < -0.3 is 14.6 Å². The van der Waals surface area contributed by atoms with Gasteiger partial charge in [0.05, 0.1) is 10.0 Å². The molecule has 2 heterocycles. The number of hydrogen-bond acceptors (Lipinski definition) is 3. The van der Waals surface area contributed by atoms with Crippen molar-refractivity contribution in [3.8, 4) is 11.3 Å². The van der Waals surface area contributed by atoms with E-state index in [1.54, 1.807) is 24.3 Å². The summed E-state index contributed by atoms with van der Waals surface area (Å²) in [4.78, 5) is 14.7. The lowest BCUT2D eigenvalue weighted by molar-refractivity contribution is -0.111. The molecule has 1 aromatic heterocycles. The summed E-state index contributed by atoms with van der Waals surface area (Å²) >= 11 is 12.3. The molecule has 0 spiro atoms. The molecular weight excluding hydrogens is 431 g/mol. The van der Waals surface area contributed by atoms with E-state index in [1.807, 2.05) is 24.3 Å². The molecule has 2 aromatic carbocycles. The van der Waals surface area contributed by atoms with Crippen LogP contribution in [0, 0.1) is 5.92 Å². The maximum absolute atomic E-state index is 12.3. The highest BCUT2D eigenvalue weighted by molar-refractivity contribution is 6.43. The largest absolute Gasteiger partial charge is 0.457 e. The van der Waals surface area contributed by atoms with Gasteiger partial charge in [-0.2, -0.15) is 0 Å². The van der Waals surface area contributed by atoms with E-state index in [4.69, 9.17) is 27.6 Å². The first kappa shape index (κ1) is 21.5. The number of rotatable bonds is 5. The second kappa shape index (κ2) is 9.63. The van der Waals surface area contributed by atoms with Crippen molar-refractivity contribution in [2.24, 2.45) is 5.92 Å². The summed E-state index contributed by atoms with van der Waals surface area (Å²) in [6.45, 7) is 4.47. The number of nitrogens with zero attached hydrogens (tertiary/aromatic N) is 1. The van der Waals surface area contributed by atoms with Crippen molar-refractivity contribution in [2.75, 3.05) is 23.3 Å². The average Bonchev–Trinajstić information content (AvgIpc) is 3.24. The van der Waals surface area contributed by atoms with E-state index in [0.29, 0.717) is 27.1 Å². The molecule has 1 fully saturated rings. The zero-order valence-corrected chi connectivity index (χ0v) is 18.8. The Kier molecular flexibility index (Phi) is 6.69. The Hall–Kier alpha value is -2.69. The number of amides is 1. The van der Waals surface area contributed by atoms with Crippen LogP contribution >= 0.6 is 23.2 Å². The predicted molar refractivity (Wildman–Crippen MR) is 129 cm³/mol. The van der Waals surface area contributed by atoms with Crippen LogP contribution in [0.1, 0.15) is 25.5 Å². The van der Waals surface area contributed by atoms with E-state index in [0.717, 1.165) is 24.7 Å². The number of furan rings is 1. The molecule has 4 rings (SSSR count). The minimum absolute atomic E-state index is 0.224. The summed E-state index contributed by atoms with van der Waals surface area (Å²) in [7, 11) is 0. The Morgan fingerprint density at radius 2 is 1.81 bits per heavy atom. The Labute approximate surface area is 192 Å². The van der Waals surface area contributed by atoms with Gasteiger partial charge in [0.25, 0.3) is 0 Å². The molecule has 160 valence electrons. The highest BCUT2D eigenvalue weighted by atomic mass is 35.5. The standard InChI is InChI=1S/C25H24Cl2N2O2/c1-17-13-15-29(16-14-17)19-7-5-18(6-8-19)28-24(30)12-10-20-9-11-23(31-20)21-3-2-4-22(26)25(21)27/h2-12,17H,13-16H2,1H3,(H,28,30). The molecule has 3 aromatic rings. The molecule has 1 saturated heterocycles. The molecule has 0 radical (unpaired) electrons. The zero-order valence-electron chi connectivity index (χ0n) is 17.3. The zero-order chi connectivity index (χ0) is 21.8. The monoisotopic (exact) mass is 454 g/mol. The van der Waals surface area contributed by atoms with Crippen LogP contribution in [0.5, 0.6) is 0 Å². The van der Waals surface area contributed by atoms with Gasteiger partial charge in [0, 0.05) is 36.1 Å². The molecule has 1 aliphatic rings. The van der Waals surface area contributed by atoms with Crippen LogP contribution in [0.3, 0.4) is 0 Å². The van der Waals surface area contributed by atoms with Crippen molar-refractivity contribution in [1.29, 1.82) is 0 Å². The Morgan fingerprint density at radius 1 is 1.06 bits per heavy atom. The van der Waals surface area contributed by atoms with Crippen LogP contribution in [0.4, 0.5) is 11.4 Å². The Morgan fingerprint density at radius 3 is 2.55 bits per heavy atom. The van der Waals surface area contributed by atoms with Crippen LogP contribution in [0.25, 0.3) is 17.4 Å². The van der Waals surface area contributed by atoms with Crippen molar-refractivity contribution < 1.29 is 9.21 Å². The summed E-state index contributed by atoms with van der Waals surface area (Å²) in [6.07, 6.45) is 5.52. The van der Waals surface area contributed by atoms with Crippen molar-refractivity contribution in [2.45, 2.75) is 19.8 Å². The van der Waals surface area contributed by atoms with Crippen LogP contribution in [0.2, 0.25) is 10.0 Å². The van der Waals surface area contributed by atoms with Crippen molar-refractivity contribution in [3.05, 3.63) is 76.5 Å². The molecule has 1 N–H and O–H groups in total. The fraction of sp³-hybridized carbons (Fsp3) is 0.240. The van der Waals surface area contributed by atoms with Crippen LogP contribution < -0.4 is 10.2 Å². The molecule has 0 saturated carbocycles. The summed E-state index contributed by atoms with van der Waals surface area (Å²) in [5, 5.41) is 3.78. The van der Waals surface area contributed by atoms with Gasteiger partial charge in [-0.25, -0.2) is 0 Å². The molecule has 1 aliphatic heterocycles. The number of nitrogens with one attached hydrogen (secondary N) is 1. The number of halogens is 2. The van der Waals surface area contributed by atoms with Crippen molar-refractivity contribution in [3.63, 3.8) is 0 Å². The van der Waals surface area contributed by atoms with Gasteiger partial charge in [-0.15, -0.1) is 0 Å². The normalized spacial score (nSPS) is 14.9. The number of carbonyl (C=O) groups is 1. The predicted octanol–water partition coefficient (Wildman–Crippen LogP) is 7.14. The third-order valence-electron chi connectivity index (χ3n) is 5.53. The smallest absolute Gasteiger partial charge is 0.248 e. The number of piperidine rings is 1. The van der Waals surface area contributed by atoms with E-state index in [9.17, 15) is 4.79 Å². The van der Waals surface area contributed by atoms with Crippen LogP contribution in [-0.2, 0) is 4.79 Å². The van der Waals surface area contributed by atoms with E-state index in [2.05, 4.69) is 29.3 Å². The van der Waals surface area contributed by atoms with Gasteiger partial charge in [-0.05, 0) is 73.4 Å². The minimum Gasteiger partial charge on any atom is -0.457 e. The van der Waals surface area contributed by atoms with E-state index in [1.165, 1.54) is 24.6 Å². The highest BCUT2D eigenvalue weighted by Crippen LogP contribution is 2.34. The van der Waals surface area contributed by atoms with Gasteiger partial charge in [-0.1, -0.05) is 36.2 Å². The second-order valence-electron chi connectivity index (χ2n) is 7.84. The molecule has 6 heteroatoms. The van der Waals surface area contributed by atoms with Crippen LogP contribution in [0.15, 0.2) is 65.1 Å². The number of carbonyl (C=O) groups excluding carboxylic acids is 1. The number of hydrogen-bond donors (Lipinski definition) is 1. The van der Waals surface area contributed by atoms with Crippen molar-refractivity contribution >= 4 is 46.6 Å². The van der Waals surface area contributed by atoms with Gasteiger partial charge in [-0.3, -0.25) is 4.79 Å². The summed E-state index contributed by atoms with van der Waals surface area (Å²) in [5.74, 6) is 1.72. The molecule has 0 bridgehead atoms. The summed E-state index contributed by atoms with van der Waals surface area (Å²) in [6, 6.07) is 16.9. The third kappa shape index (κ3) is 5.33. The molecular formula is C25H24Cl2N2O2. The van der Waals surface area contributed by atoms with Gasteiger partial charge >= 0.3 is 0 Å². The highest BCUT2D eigenvalue weighted by Gasteiger charge is 2.16. The lowest BCUT2D eigenvalue weighted by atomic mass is 9.99.